The summed E-state index contributed by atoms with van der Waals surface area (Å²) in [6, 6.07) is 0. The molecule has 124 valence electrons. The lowest BCUT2D eigenvalue weighted by atomic mass is 9.88. The second kappa shape index (κ2) is 6.42. The van der Waals surface area contributed by atoms with E-state index >= 15 is 0 Å². The number of hydrogen-bond donors (Lipinski definition) is 2. The third kappa shape index (κ3) is 5.42. The summed E-state index contributed by atoms with van der Waals surface area (Å²) in [7, 11) is 1.30. The molecule has 6 heteroatoms. The zero-order valence-electron chi connectivity index (χ0n) is 14.4. The van der Waals surface area contributed by atoms with Gasteiger partial charge in [-0.3, -0.25) is 5.32 Å². The Labute approximate surface area is 131 Å². The Morgan fingerprint density at radius 3 is 2.23 bits per heavy atom. The fourth-order valence-electron chi connectivity index (χ4n) is 1.99. The number of hydrogen-bond acceptors (Lipinski definition) is 4. The molecule has 0 bridgehead atoms. The average Bonchev–Trinajstić information content (AvgIpc) is 2.66. The van der Waals surface area contributed by atoms with Crippen LogP contribution >= 0.6 is 0 Å². The van der Waals surface area contributed by atoms with Gasteiger partial charge in [0.1, 0.15) is 11.3 Å². The number of anilines is 1. The van der Waals surface area contributed by atoms with Gasteiger partial charge in [0.25, 0.3) is 0 Å². The molecule has 0 saturated heterocycles. The summed E-state index contributed by atoms with van der Waals surface area (Å²) in [6.07, 6.45) is 1.79. The van der Waals surface area contributed by atoms with Crippen LogP contribution in [0.3, 0.4) is 0 Å². The Morgan fingerprint density at radius 1 is 1.18 bits per heavy atom. The monoisotopic (exact) mass is 310 g/mol. The molecule has 0 radical (unpaired) electrons. The molecule has 22 heavy (non-hydrogen) atoms. The Balaban J connectivity index is 3.09. The van der Waals surface area contributed by atoms with E-state index in [4.69, 9.17) is 9.47 Å². The third-order valence-electron chi connectivity index (χ3n) is 2.70. The van der Waals surface area contributed by atoms with Crippen LogP contribution in [0, 0.1) is 5.41 Å². The molecule has 2 N–H and O–H groups in total. The zero-order chi connectivity index (χ0) is 17.1. The Kier molecular flexibility index (Phi) is 5.27. The van der Waals surface area contributed by atoms with Crippen LogP contribution in [0.4, 0.5) is 10.5 Å². The van der Waals surface area contributed by atoms with Crippen LogP contribution in [0.2, 0.25) is 0 Å². The minimum Gasteiger partial charge on any atom is -0.464 e. The van der Waals surface area contributed by atoms with Crippen molar-refractivity contribution in [1.82, 2.24) is 4.98 Å². The molecule has 6 nitrogen and oxygen atoms in total. The second-order valence-electron chi connectivity index (χ2n) is 7.42. The first kappa shape index (κ1) is 18.1. The van der Waals surface area contributed by atoms with Crippen molar-refractivity contribution in [2.45, 2.75) is 53.6 Å². The number of aromatic amines is 1. The predicted octanol–water partition coefficient (Wildman–Crippen LogP) is 3.74. The number of rotatable bonds is 3. The van der Waals surface area contributed by atoms with E-state index < -0.39 is 17.7 Å². The van der Waals surface area contributed by atoms with Gasteiger partial charge >= 0.3 is 12.1 Å². The summed E-state index contributed by atoms with van der Waals surface area (Å²) >= 11 is 0. The predicted molar refractivity (Wildman–Crippen MR) is 85.1 cm³/mol. The normalized spacial score (nSPS) is 12.0. The van der Waals surface area contributed by atoms with E-state index in [2.05, 4.69) is 31.1 Å². The van der Waals surface area contributed by atoms with Crippen molar-refractivity contribution in [2.75, 3.05) is 12.4 Å². The van der Waals surface area contributed by atoms with Crippen molar-refractivity contribution in [2.24, 2.45) is 5.41 Å². The van der Waals surface area contributed by atoms with Gasteiger partial charge in [0, 0.05) is 6.20 Å². The van der Waals surface area contributed by atoms with E-state index in [-0.39, 0.29) is 11.1 Å². The molecule has 1 rings (SSSR count). The quantitative estimate of drug-likeness (QED) is 0.833. The average molecular weight is 310 g/mol. The van der Waals surface area contributed by atoms with Crippen LogP contribution in [-0.4, -0.2) is 29.8 Å². The van der Waals surface area contributed by atoms with Gasteiger partial charge in [-0.1, -0.05) is 20.8 Å². The topological polar surface area (TPSA) is 80.4 Å². The van der Waals surface area contributed by atoms with Crippen molar-refractivity contribution < 1.29 is 19.1 Å². The molecule has 1 aromatic rings. The van der Waals surface area contributed by atoms with E-state index in [1.54, 1.807) is 27.0 Å². The summed E-state index contributed by atoms with van der Waals surface area (Å²) in [4.78, 5) is 26.7. The number of aromatic nitrogens is 1. The molecule has 0 atom stereocenters. The lowest BCUT2D eigenvalue weighted by Crippen LogP contribution is -2.28. The van der Waals surface area contributed by atoms with Crippen molar-refractivity contribution in [3.8, 4) is 0 Å². The highest BCUT2D eigenvalue weighted by molar-refractivity contribution is 5.99. The Hall–Kier alpha value is -1.98. The van der Waals surface area contributed by atoms with Gasteiger partial charge in [0.2, 0.25) is 0 Å². The van der Waals surface area contributed by atoms with Crippen LogP contribution in [0.1, 0.15) is 57.6 Å². The molecular weight excluding hydrogens is 284 g/mol. The van der Waals surface area contributed by atoms with Crippen LogP contribution < -0.4 is 5.32 Å². The highest BCUT2D eigenvalue weighted by atomic mass is 16.6. The van der Waals surface area contributed by atoms with E-state index in [1.165, 1.54) is 7.11 Å². The van der Waals surface area contributed by atoms with E-state index in [9.17, 15) is 9.59 Å². The van der Waals surface area contributed by atoms with E-state index in [0.717, 1.165) is 5.56 Å². The molecule has 0 aromatic carbocycles. The van der Waals surface area contributed by atoms with Gasteiger partial charge < -0.3 is 14.5 Å². The molecule has 0 spiro atoms. The summed E-state index contributed by atoms with van der Waals surface area (Å²) < 4.78 is 9.99. The summed E-state index contributed by atoms with van der Waals surface area (Å²) in [5, 5.41) is 2.66. The van der Waals surface area contributed by atoms with Gasteiger partial charge in [-0.2, -0.15) is 0 Å². The molecule has 1 aromatic heterocycles. The number of H-pyrrole nitrogens is 1. The van der Waals surface area contributed by atoms with Crippen molar-refractivity contribution >= 4 is 17.7 Å². The van der Waals surface area contributed by atoms with Crippen LogP contribution in [0.25, 0.3) is 0 Å². The van der Waals surface area contributed by atoms with Gasteiger partial charge in [-0.25, -0.2) is 9.59 Å². The smallest absolute Gasteiger partial charge is 0.412 e. The van der Waals surface area contributed by atoms with Gasteiger partial charge in [0.15, 0.2) is 0 Å². The van der Waals surface area contributed by atoms with Crippen LogP contribution in [0.15, 0.2) is 6.20 Å². The molecule has 1 amide bonds. The Morgan fingerprint density at radius 2 is 1.77 bits per heavy atom. The largest absolute Gasteiger partial charge is 0.464 e. The number of nitrogens with one attached hydrogen (secondary N) is 2. The van der Waals surface area contributed by atoms with E-state index in [0.29, 0.717) is 12.1 Å². The summed E-state index contributed by atoms with van der Waals surface area (Å²) in [5.74, 6) is -0.536. The number of amides is 1. The van der Waals surface area contributed by atoms with Gasteiger partial charge in [-0.15, -0.1) is 0 Å². The first-order chi connectivity index (χ1) is 9.93. The van der Waals surface area contributed by atoms with E-state index in [1.807, 2.05) is 0 Å². The lowest BCUT2D eigenvalue weighted by molar-refractivity contribution is 0.0596. The molecule has 1 heterocycles. The fourth-order valence-corrected chi connectivity index (χ4v) is 1.99. The third-order valence-corrected chi connectivity index (χ3v) is 2.70. The van der Waals surface area contributed by atoms with Gasteiger partial charge in [0.05, 0.1) is 12.8 Å². The fraction of sp³-hybridized carbons (Fsp3) is 0.625. The van der Waals surface area contributed by atoms with Crippen LogP contribution in [0.5, 0.6) is 0 Å². The maximum atomic E-state index is 12.0. The maximum Gasteiger partial charge on any atom is 0.412 e. The molecular formula is C16H26N2O4. The molecule has 0 aliphatic heterocycles. The number of carbonyl (C=O) groups excluding carboxylic acids is 2. The standard InChI is InChI=1S/C16H26N2O4/c1-15(2,3)8-10-9-17-12(13(19)21-7)11(10)18-14(20)22-16(4,5)6/h9,17H,8H2,1-7H3,(H,18,20). The summed E-state index contributed by atoms with van der Waals surface area (Å²) in [5.41, 5.74) is 0.845. The molecule has 0 fully saturated rings. The number of esters is 1. The van der Waals surface area contributed by atoms with Crippen LogP contribution in [-0.2, 0) is 15.9 Å². The summed E-state index contributed by atoms with van der Waals surface area (Å²) in [6.45, 7) is 11.6. The second-order valence-corrected chi connectivity index (χ2v) is 7.42. The first-order valence-electron chi connectivity index (χ1n) is 7.21. The maximum absolute atomic E-state index is 12.0. The zero-order valence-corrected chi connectivity index (χ0v) is 14.4. The molecule has 0 unspecified atom stereocenters. The number of methoxy groups -OCH3 is 1. The van der Waals surface area contributed by atoms with Crippen molar-refractivity contribution in [3.63, 3.8) is 0 Å². The van der Waals surface area contributed by atoms with Crippen molar-refractivity contribution in [3.05, 3.63) is 17.5 Å². The minimum absolute atomic E-state index is 0.0000549. The lowest BCUT2D eigenvalue weighted by Gasteiger charge is -2.21. The van der Waals surface area contributed by atoms with Crippen molar-refractivity contribution in [1.29, 1.82) is 0 Å². The highest BCUT2D eigenvalue weighted by Crippen LogP contribution is 2.29. The molecule has 0 aliphatic carbocycles. The number of carbonyl (C=O) groups is 2. The minimum atomic E-state index is -0.615. The first-order valence-corrected chi connectivity index (χ1v) is 7.21. The molecule has 0 aliphatic rings. The molecule has 0 saturated carbocycles. The SMILES string of the molecule is COC(=O)c1[nH]cc(CC(C)(C)C)c1NC(=O)OC(C)(C)C. The number of ether oxygens (including phenoxy) is 2. The highest BCUT2D eigenvalue weighted by Gasteiger charge is 2.25. The van der Waals surface area contributed by atoms with Gasteiger partial charge in [-0.05, 0) is 38.2 Å². The Bertz CT molecular complexity index is 547.